The summed E-state index contributed by atoms with van der Waals surface area (Å²) in [4.78, 5) is 0. The van der Waals surface area contributed by atoms with Gasteiger partial charge in [-0.2, -0.15) is 0 Å². The zero-order valence-electron chi connectivity index (χ0n) is 10.7. The summed E-state index contributed by atoms with van der Waals surface area (Å²) in [6, 6.07) is 12.9. The van der Waals surface area contributed by atoms with Crippen LogP contribution in [0, 0.1) is 0 Å². The van der Waals surface area contributed by atoms with Crippen LogP contribution in [0.25, 0.3) is 0 Å². The van der Waals surface area contributed by atoms with Gasteiger partial charge in [0.25, 0.3) is 0 Å². The zero-order chi connectivity index (χ0) is 13.7. The fourth-order valence-corrected chi connectivity index (χ4v) is 1.96. The molecule has 0 atom stereocenters. The lowest BCUT2D eigenvalue weighted by molar-refractivity contribution is 0.281. The number of hydrogen-bond donors (Lipinski definition) is 2. The number of rotatable bonds is 5. The van der Waals surface area contributed by atoms with E-state index in [-0.39, 0.29) is 6.61 Å². The van der Waals surface area contributed by atoms with Crippen molar-refractivity contribution in [3.8, 4) is 11.5 Å². The summed E-state index contributed by atoms with van der Waals surface area (Å²) in [5, 5.41) is 12.8. The monoisotopic (exact) mass is 277 g/mol. The normalized spacial score (nSPS) is 10.5. The molecule has 0 saturated carbocycles. The lowest BCUT2D eigenvalue weighted by Crippen LogP contribution is -2.06. The summed E-state index contributed by atoms with van der Waals surface area (Å²) in [5.74, 6) is 1.51. The molecule has 0 fully saturated rings. The number of aliphatic hydroxyl groups is 1. The lowest BCUT2D eigenvalue weighted by Gasteiger charge is -2.11. The molecule has 0 aromatic heterocycles. The van der Waals surface area contributed by atoms with Crippen molar-refractivity contribution in [2.24, 2.45) is 0 Å². The van der Waals surface area contributed by atoms with Gasteiger partial charge < -0.3 is 15.2 Å². The zero-order valence-corrected chi connectivity index (χ0v) is 11.4. The van der Waals surface area contributed by atoms with Crippen LogP contribution in [0.1, 0.15) is 11.1 Å². The molecule has 0 spiro atoms. The molecule has 0 radical (unpaired) electrons. The van der Waals surface area contributed by atoms with E-state index in [0.29, 0.717) is 11.6 Å². The Bertz CT molecular complexity index is 540. The van der Waals surface area contributed by atoms with Gasteiger partial charge in [-0.05, 0) is 42.9 Å². The van der Waals surface area contributed by atoms with Gasteiger partial charge in [-0.1, -0.05) is 23.7 Å². The Hall–Kier alpha value is -1.55. The van der Waals surface area contributed by atoms with Crippen molar-refractivity contribution in [2.45, 2.75) is 13.2 Å². The van der Waals surface area contributed by atoms with Gasteiger partial charge in [0.15, 0.2) is 0 Å². The van der Waals surface area contributed by atoms with Crippen LogP contribution in [-0.2, 0) is 13.2 Å². The van der Waals surface area contributed by atoms with Crippen LogP contribution < -0.4 is 10.1 Å². The maximum atomic E-state index is 9.00. The molecule has 3 nitrogen and oxygen atoms in total. The molecule has 0 unspecified atom stereocenters. The van der Waals surface area contributed by atoms with Crippen molar-refractivity contribution < 1.29 is 9.84 Å². The van der Waals surface area contributed by atoms with E-state index < -0.39 is 0 Å². The number of halogens is 1. The maximum absolute atomic E-state index is 9.00. The molecule has 4 heteroatoms. The van der Waals surface area contributed by atoms with Crippen molar-refractivity contribution in [1.29, 1.82) is 0 Å². The second-order valence-corrected chi connectivity index (χ2v) is 4.62. The highest BCUT2D eigenvalue weighted by Crippen LogP contribution is 2.28. The van der Waals surface area contributed by atoms with E-state index in [4.69, 9.17) is 21.4 Å². The molecule has 0 heterocycles. The quantitative estimate of drug-likeness (QED) is 0.881. The van der Waals surface area contributed by atoms with Gasteiger partial charge in [-0.25, -0.2) is 0 Å². The predicted molar refractivity (Wildman–Crippen MR) is 76.7 cm³/mol. The molecule has 19 heavy (non-hydrogen) atoms. The van der Waals surface area contributed by atoms with Crippen LogP contribution >= 0.6 is 11.6 Å². The molecule has 0 aliphatic carbocycles. The van der Waals surface area contributed by atoms with Crippen molar-refractivity contribution in [3.05, 3.63) is 58.6 Å². The minimum absolute atomic E-state index is 0.0340. The molecule has 0 bridgehead atoms. The highest BCUT2D eigenvalue weighted by molar-refractivity contribution is 6.30. The van der Waals surface area contributed by atoms with Crippen molar-refractivity contribution in [3.63, 3.8) is 0 Å². The third-order valence-corrected chi connectivity index (χ3v) is 2.96. The summed E-state index contributed by atoms with van der Waals surface area (Å²) >= 11 is 5.98. The maximum Gasteiger partial charge on any atom is 0.132 e. The molecular weight excluding hydrogens is 262 g/mol. The van der Waals surface area contributed by atoms with Crippen LogP contribution in [0.2, 0.25) is 5.02 Å². The van der Waals surface area contributed by atoms with E-state index >= 15 is 0 Å². The van der Waals surface area contributed by atoms with Gasteiger partial charge in [0.2, 0.25) is 0 Å². The number of ether oxygens (including phenoxy) is 1. The highest BCUT2D eigenvalue weighted by atomic mass is 35.5. The first-order valence-corrected chi connectivity index (χ1v) is 6.41. The van der Waals surface area contributed by atoms with Crippen LogP contribution in [0.5, 0.6) is 11.5 Å². The SMILES string of the molecule is CNCc1cc(Cl)ccc1Oc1ccc(CO)cc1. The predicted octanol–water partition coefficient (Wildman–Crippen LogP) is 3.34. The van der Waals surface area contributed by atoms with E-state index in [1.165, 1.54) is 0 Å². The largest absolute Gasteiger partial charge is 0.457 e. The van der Waals surface area contributed by atoms with Crippen molar-refractivity contribution >= 4 is 11.6 Å². The molecule has 2 aromatic rings. The Morgan fingerprint density at radius 2 is 1.89 bits per heavy atom. The van der Waals surface area contributed by atoms with Gasteiger partial charge in [-0.15, -0.1) is 0 Å². The van der Waals surface area contributed by atoms with Crippen LogP contribution in [0.15, 0.2) is 42.5 Å². The van der Waals surface area contributed by atoms with Crippen molar-refractivity contribution in [1.82, 2.24) is 5.32 Å². The topological polar surface area (TPSA) is 41.5 Å². The van der Waals surface area contributed by atoms with E-state index in [1.807, 2.05) is 43.4 Å². The average Bonchev–Trinajstić information content (AvgIpc) is 2.43. The molecule has 100 valence electrons. The molecule has 0 saturated heterocycles. The standard InChI is InChI=1S/C15H16ClNO2/c1-17-9-12-8-13(16)4-7-15(12)19-14-5-2-11(10-18)3-6-14/h2-8,17-18H,9-10H2,1H3. The fraction of sp³-hybridized carbons (Fsp3) is 0.200. The third-order valence-electron chi connectivity index (χ3n) is 2.72. The average molecular weight is 278 g/mol. The number of aliphatic hydroxyl groups excluding tert-OH is 1. The Labute approximate surface area is 117 Å². The molecule has 2 rings (SSSR count). The summed E-state index contributed by atoms with van der Waals surface area (Å²) in [5.41, 5.74) is 1.86. The van der Waals surface area contributed by atoms with Crippen molar-refractivity contribution in [2.75, 3.05) is 7.05 Å². The molecule has 0 amide bonds. The van der Waals surface area contributed by atoms with Crippen LogP contribution in [0.3, 0.4) is 0 Å². The van der Waals surface area contributed by atoms with Crippen LogP contribution in [0.4, 0.5) is 0 Å². The van der Waals surface area contributed by atoms with Gasteiger partial charge in [0.05, 0.1) is 6.61 Å². The highest BCUT2D eigenvalue weighted by Gasteiger charge is 2.05. The van der Waals surface area contributed by atoms with Gasteiger partial charge >= 0.3 is 0 Å². The summed E-state index contributed by atoms with van der Waals surface area (Å²) in [6.07, 6.45) is 0. The number of benzene rings is 2. The van der Waals surface area contributed by atoms with Gasteiger partial charge in [-0.3, -0.25) is 0 Å². The molecule has 2 aromatic carbocycles. The molecule has 0 aliphatic heterocycles. The first kappa shape index (κ1) is 13.9. The van der Waals surface area contributed by atoms with E-state index in [1.54, 1.807) is 6.07 Å². The summed E-state index contributed by atoms with van der Waals surface area (Å²) in [6.45, 7) is 0.719. The Morgan fingerprint density at radius 3 is 2.53 bits per heavy atom. The fourth-order valence-electron chi connectivity index (χ4n) is 1.77. The van der Waals surface area contributed by atoms with E-state index in [0.717, 1.165) is 22.6 Å². The van der Waals surface area contributed by atoms with Gasteiger partial charge in [0.1, 0.15) is 11.5 Å². The minimum atomic E-state index is 0.0340. The number of nitrogens with one attached hydrogen (secondary N) is 1. The Morgan fingerprint density at radius 1 is 1.16 bits per heavy atom. The Balaban J connectivity index is 2.21. The van der Waals surface area contributed by atoms with Crippen LogP contribution in [-0.4, -0.2) is 12.2 Å². The summed E-state index contributed by atoms with van der Waals surface area (Å²) in [7, 11) is 1.88. The lowest BCUT2D eigenvalue weighted by atomic mass is 10.2. The molecule has 0 aliphatic rings. The first-order chi connectivity index (χ1) is 9.22. The molecular formula is C15H16ClNO2. The van der Waals surface area contributed by atoms with Gasteiger partial charge in [0, 0.05) is 17.1 Å². The van der Waals surface area contributed by atoms with E-state index in [2.05, 4.69) is 5.32 Å². The first-order valence-electron chi connectivity index (χ1n) is 6.03. The Kier molecular flexibility index (Phi) is 4.80. The second-order valence-electron chi connectivity index (χ2n) is 4.19. The number of hydrogen-bond acceptors (Lipinski definition) is 3. The van der Waals surface area contributed by atoms with E-state index in [9.17, 15) is 0 Å². The minimum Gasteiger partial charge on any atom is -0.457 e. The molecule has 2 N–H and O–H groups in total. The smallest absolute Gasteiger partial charge is 0.132 e. The summed E-state index contributed by atoms with van der Waals surface area (Å²) < 4.78 is 5.84. The third kappa shape index (κ3) is 3.70. The second kappa shape index (κ2) is 6.57.